The molecule has 0 aliphatic carbocycles. The van der Waals surface area contributed by atoms with Gasteiger partial charge in [0.05, 0.1) is 19.2 Å². The molecule has 0 atom stereocenters. The van der Waals surface area contributed by atoms with E-state index in [4.69, 9.17) is 5.11 Å². The van der Waals surface area contributed by atoms with E-state index >= 15 is 0 Å². The van der Waals surface area contributed by atoms with Crippen molar-refractivity contribution >= 4 is 6.03 Å². The number of nitrogens with one attached hydrogen (secondary N) is 1. The maximum absolute atomic E-state index is 11.0. The Morgan fingerprint density at radius 3 is 2.82 bits per heavy atom. The lowest BCUT2D eigenvalue weighted by molar-refractivity contribution is 0.0267. The van der Waals surface area contributed by atoms with Crippen molar-refractivity contribution in [2.75, 3.05) is 19.6 Å². The Balaban J connectivity index is 2.11. The van der Waals surface area contributed by atoms with E-state index in [1.54, 1.807) is 4.90 Å². The van der Waals surface area contributed by atoms with Crippen LogP contribution >= 0.6 is 0 Å². The van der Waals surface area contributed by atoms with Crippen molar-refractivity contribution in [2.24, 2.45) is 0 Å². The second-order valence-corrected chi connectivity index (χ2v) is 2.79. The number of hydrogen-bond donors (Lipinski definition) is 2. The zero-order valence-electron chi connectivity index (χ0n) is 6.71. The third kappa shape index (κ3) is 2.08. The van der Waals surface area contributed by atoms with Crippen molar-refractivity contribution in [3.8, 4) is 0 Å². The first-order chi connectivity index (χ1) is 5.24. The van der Waals surface area contributed by atoms with Crippen LogP contribution in [0.4, 0.5) is 4.79 Å². The monoisotopic (exact) mass is 158 g/mol. The van der Waals surface area contributed by atoms with Crippen LogP contribution in [0.15, 0.2) is 0 Å². The van der Waals surface area contributed by atoms with Gasteiger partial charge >= 0.3 is 6.03 Å². The topological polar surface area (TPSA) is 52.6 Å². The highest BCUT2D eigenvalue weighted by molar-refractivity contribution is 5.75. The van der Waals surface area contributed by atoms with E-state index in [1.165, 1.54) is 0 Å². The lowest BCUT2D eigenvalue weighted by Crippen LogP contribution is -2.56. The summed E-state index contributed by atoms with van der Waals surface area (Å²) in [4.78, 5) is 12.6. The Bertz CT molecular complexity index is 143. The van der Waals surface area contributed by atoms with Crippen LogP contribution in [0.5, 0.6) is 0 Å². The minimum Gasteiger partial charge on any atom is -0.389 e. The maximum atomic E-state index is 11.0. The number of carbonyl (C=O) groups excluding carboxylic acids is 1. The van der Waals surface area contributed by atoms with Gasteiger partial charge in [-0.2, -0.15) is 0 Å². The molecule has 2 N–H and O–H groups in total. The maximum Gasteiger partial charge on any atom is 0.317 e. The van der Waals surface area contributed by atoms with Gasteiger partial charge in [-0.15, -0.1) is 0 Å². The predicted molar refractivity (Wildman–Crippen MR) is 41.3 cm³/mol. The van der Waals surface area contributed by atoms with E-state index in [0.717, 1.165) is 6.42 Å². The van der Waals surface area contributed by atoms with Crippen LogP contribution in [0.2, 0.25) is 0 Å². The van der Waals surface area contributed by atoms with Gasteiger partial charge in [-0.05, 0) is 6.42 Å². The van der Waals surface area contributed by atoms with Gasteiger partial charge in [-0.1, -0.05) is 6.92 Å². The number of aliphatic hydroxyl groups is 1. The first-order valence-corrected chi connectivity index (χ1v) is 3.95. The quantitative estimate of drug-likeness (QED) is 0.584. The van der Waals surface area contributed by atoms with Gasteiger partial charge < -0.3 is 15.3 Å². The molecule has 0 aromatic rings. The van der Waals surface area contributed by atoms with Crippen molar-refractivity contribution in [2.45, 2.75) is 19.4 Å². The molecule has 1 rings (SSSR count). The first-order valence-electron chi connectivity index (χ1n) is 3.95. The number of β-amino-alcohol motifs (C(OH)–C–C–N with tert-alkyl or cyclic N) is 1. The molecule has 1 fully saturated rings. The normalized spacial score (nSPS) is 17.8. The summed E-state index contributed by atoms with van der Waals surface area (Å²) in [7, 11) is 0. The standard InChI is InChI=1S/C7H14N2O2/c1-2-3-8-7(11)9-4-6(10)5-9/h6,10H,2-5H2,1H3,(H,8,11). The average Bonchev–Trinajstić information content (AvgIpc) is 1.94. The van der Waals surface area contributed by atoms with Gasteiger partial charge in [0.2, 0.25) is 0 Å². The van der Waals surface area contributed by atoms with Gasteiger partial charge in [0.15, 0.2) is 0 Å². The second-order valence-electron chi connectivity index (χ2n) is 2.79. The summed E-state index contributed by atoms with van der Waals surface area (Å²) in [5.41, 5.74) is 0. The molecule has 4 heteroatoms. The fraction of sp³-hybridized carbons (Fsp3) is 0.857. The molecule has 1 aliphatic heterocycles. The first kappa shape index (κ1) is 8.33. The highest BCUT2D eigenvalue weighted by atomic mass is 16.3. The Kier molecular flexibility index (Phi) is 2.70. The van der Waals surface area contributed by atoms with Crippen molar-refractivity contribution in [3.63, 3.8) is 0 Å². The van der Waals surface area contributed by atoms with Crippen molar-refractivity contribution < 1.29 is 9.90 Å². The van der Waals surface area contributed by atoms with Gasteiger partial charge in [0.1, 0.15) is 0 Å². The summed E-state index contributed by atoms with van der Waals surface area (Å²) in [5.74, 6) is 0. The number of carbonyl (C=O) groups is 1. The molecule has 0 aromatic heterocycles. The Labute approximate surface area is 66.2 Å². The lowest BCUT2D eigenvalue weighted by Gasteiger charge is -2.35. The Morgan fingerprint density at radius 2 is 2.36 bits per heavy atom. The highest BCUT2D eigenvalue weighted by Gasteiger charge is 2.27. The number of rotatable bonds is 2. The number of amides is 2. The predicted octanol–water partition coefficient (Wildman–Crippen LogP) is -0.218. The SMILES string of the molecule is CCCNC(=O)N1CC(O)C1. The minimum absolute atomic E-state index is 0.0582. The van der Waals surface area contributed by atoms with E-state index in [0.29, 0.717) is 19.6 Å². The van der Waals surface area contributed by atoms with E-state index in [1.807, 2.05) is 6.92 Å². The molecular formula is C7H14N2O2. The zero-order chi connectivity index (χ0) is 8.27. The molecule has 0 spiro atoms. The minimum atomic E-state index is -0.303. The third-order valence-electron chi connectivity index (χ3n) is 1.68. The largest absolute Gasteiger partial charge is 0.389 e. The summed E-state index contributed by atoms with van der Waals surface area (Å²) in [5, 5.41) is 11.6. The number of aliphatic hydroxyl groups excluding tert-OH is 1. The summed E-state index contributed by atoms with van der Waals surface area (Å²) < 4.78 is 0. The highest BCUT2D eigenvalue weighted by Crippen LogP contribution is 2.06. The van der Waals surface area contributed by atoms with Crippen LogP contribution < -0.4 is 5.32 Å². The number of likely N-dealkylation sites (tertiary alicyclic amines) is 1. The molecule has 0 bridgehead atoms. The van der Waals surface area contributed by atoms with E-state index in [-0.39, 0.29) is 12.1 Å². The molecule has 4 nitrogen and oxygen atoms in total. The zero-order valence-corrected chi connectivity index (χ0v) is 6.71. The van der Waals surface area contributed by atoms with E-state index in [9.17, 15) is 4.79 Å². The van der Waals surface area contributed by atoms with Gasteiger partial charge in [0, 0.05) is 6.54 Å². The van der Waals surface area contributed by atoms with Gasteiger partial charge in [-0.3, -0.25) is 0 Å². The smallest absolute Gasteiger partial charge is 0.317 e. The van der Waals surface area contributed by atoms with Gasteiger partial charge in [0.25, 0.3) is 0 Å². The molecule has 11 heavy (non-hydrogen) atoms. The number of hydrogen-bond acceptors (Lipinski definition) is 2. The molecule has 2 amide bonds. The fourth-order valence-corrected chi connectivity index (χ4v) is 0.965. The number of nitrogens with zero attached hydrogens (tertiary/aromatic N) is 1. The van der Waals surface area contributed by atoms with Crippen LogP contribution in [-0.2, 0) is 0 Å². The molecule has 1 heterocycles. The summed E-state index contributed by atoms with van der Waals surface area (Å²) in [6, 6.07) is -0.0582. The molecule has 0 saturated carbocycles. The van der Waals surface area contributed by atoms with E-state index in [2.05, 4.69) is 5.32 Å². The lowest BCUT2D eigenvalue weighted by atomic mass is 10.2. The molecule has 0 radical (unpaired) electrons. The second kappa shape index (κ2) is 3.57. The van der Waals surface area contributed by atoms with Crippen molar-refractivity contribution in [3.05, 3.63) is 0 Å². The fourth-order valence-electron chi connectivity index (χ4n) is 0.965. The van der Waals surface area contributed by atoms with Crippen LogP contribution in [0, 0.1) is 0 Å². The molecule has 1 aliphatic rings. The molecule has 0 aromatic carbocycles. The van der Waals surface area contributed by atoms with Crippen LogP contribution in [0.1, 0.15) is 13.3 Å². The van der Waals surface area contributed by atoms with Crippen LogP contribution in [-0.4, -0.2) is 41.8 Å². The van der Waals surface area contributed by atoms with Crippen molar-refractivity contribution in [1.29, 1.82) is 0 Å². The average molecular weight is 158 g/mol. The van der Waals surface area contributed by atoms with Crippen LogP contribution in [0.3, 0.4) is 0 Å². The molecule has 1 saturated heterocycles. The molecular weight excluding hydrogens is 144 g/mol. The Hall–Kier alpha value is -0.770. The Morgan fingerprint density at radius 1 is 1.73 bits per heavy atom. The summed E-state index contributed by atoms with van der Waals surface area (Å²) in [6.07, 6.45) is 0.643. The summed E-state index contributed by atoms with van der Waals surface area (Å²) in [6.45, 7) is 3.68. The molecule has 64 valence electrons. The third-order valence-corrected chi connectivity index (χ3v) is 1.68. The summed E-state index contributed by atoms with van der Waals surface area (Å²) >= 11 is 0. The van der Waals surface area contributed by atoms with Crippen molar-refractivity contribution in [1.82, 2.24) is 10.2 Å². The number of urea groups is 1. The van der Waals surface area contributed by atoms with E-state index < -0.39 is 0 Å². The van der Waals surface area contributed by atoms with Crippen LogP contribution in [0.25, 0.3) is 0 Å². The molecule has 0 unspecified atom stereocenters. The van der Waals surface area contributed by atoms with Gasteiger partial charge in [-0.25, -0.2) is 4.79 Å².